The van der Waals surface area contributed by atoms with Crippen LogP contribution in [0.15, 0.2) is 57.8 Å². The van der Waals surface area contributed by atoms with Crippen LogP contribution in [0, 0.1) is 5.82 Å². The summed E-state index contributed by atoms with van der Waals surface area (Å²) in [4.78, 5) is 21.0. The maximum atomic E-state index is 13.0. The Hall–Kier alpha value is -2.84. The largest absolute Gasteiger partial charge is 0.462 e. The van der Waals surface area contributed by atoms with Crippen molar-refractivity contribution in [1.82, 2.24) is 9.97 Å². The van der Waals surface area contributed by atoms with Crippen molar-refractivity contribution in [3.63, 3.8) is 0 Å². The third kappa shape index (κ3) is 3.71. The van der Waals surface area contributed by atoms with Crippen LogP contribution in [0.4, 0.5) is 9.52 Å². The number of amides is 1. The molecule has 1 N–H and O–H groups in total. The van der Waals surface area contributed by atoms with E-state index in [1.54, 1.807) is 24.5 Å². The Kier molecular flexibility index (Phi) is 4.59. The number of benzene rings is 1. The summed E-state index contributed by atoms with van der Waals surface area (Å²) in [6.45, 7) is 0. The first-order valence-corrected chi connectivity index (χ1v) is 9.43. The van der Waals surface area contributed by atoms with Gasteiger partial charge < -0.3 is 9.73 Å². The first-order chi connectivity index (χ1) is 12.7. The number of carbonyl (C=O) groups excluding carboxylic acids is 1. The van der Waals surface area contributed by atoms with Crippen LogP contribution in [0.3, 0.4) is 0 Å². The predicted octanol–water partition coefficient (Wildman–Crippen LogP) is 4.85. The molecule has 0 aliphatic carbocycles. The van der Waals surface area contributed by atoms with Crippen LogP contribution < -0.4 is 5.32 Å². The molecule has 1 amide bonds. The molecule has 0 fully saturated rings. The van der Waals surface area contributed by atoms with Crippen LogP contribution in [0.1, 0.15) is 5.69 Å². The molecular formula is C18H12FN3O2S2. The number of nitrogens with zero attached hydrogens (tertiary/aromatic N) is 2. The molecule has 0 saturated heterocycles. The van der Waals surface area contributed by atoms with E-state index < -0.39 is 0 Å². The molecule has 3 aromatic heterocycles. The number of thiazole rings is 2. The van der Waals surface area contributed by atoms with Crippen molar-refractivity contribution in [2.75, 3.05) is 5.32 Å². The van der Waals surface area contributed by atoms with E-state index >= 15 is 0 Å². The van der Waals surface area contributed by atoms with Crippen molar-refractivity contribution in [1.29, 1.82) is 0 Å². The van der Waals surface area contributed by atoms with E-state index in [1.165, 1.54) is 34.8 Å². The number of nitrogens with one attached hydrogen (secondary N) is 1. The van der Waals surface area contributed by atoms with E-state index in [0.29, 0.717) is 22.3 Å². The summed E-state index contributed by atoms with van der Waals surface area (Å²) in [6.07, 6.45) is 1.74. The summed E-state index contributed by atoms with van der Waals surface area (Å²) in [5, 5.41) is 7.67. The molecule has 0 aliphatic rings. The minimum Gasteiger partial charge on any atom is -0.462 e. The minimum absolute atomic E-state index is 0.155. The summed E-state index contributed by atoms with van der Waals surface area (Å²) < 4.78 is 18.3. The van der Waals surface area contributed by atoms with Gasteiger partial charge in [0, 0.05) is 16.3 Å². The zero-order valence-electron chi connectivity index (χ0n) is 13.3. The Morgan fingerprint density at radius 3 is 2.73 bits per heavy atom. The zero-order chi connectivity index (χ0) is 17.9. The standard InChI is InChI=1S/C18H12FN3O2S2/c19-12-5-3-11(4-6-12)14-10-26-18(21-14)22-16(23)8-13-9-25-17(20-13)15-2-1-7-24-15/h1-7,9-10H,8H2,(H,21,22,23). The van der Waals surface area contributed by atoms with Crippen molar-refractivity contribution >= 4 is 33.7 Å². The lowest BCUT2D eigenvalue weighted by molar-refractivity contribution is -0.115. The van der Waals surface area contributed by atoms with Crippen LogP contribution >= 0.6 is 22.7 Å². The van der Waals surface area contributed by atoms with Crippen LogP contribution in [0.2, 0.25) is 0 Å². The lowest BCUT2D eigenvalue weighted by Gasteiger charge is -1.99. The van der Waals surface area contributed by atoms with Crippen molar-refractivity contribution < 1.29 is 13.6 Å². The molecule has 0 spiro atoms. The van der Waals surface area contributed by atoms with Gasteiger partial charge in [-0.1, -0.05) is 0 Å². The van der Waals surface area contributed by atoms with E-state index in [0.717, 1.165) is 10.6 Å². The Labute approximate surface area is 156 Å². The maximum absolute atomic E-state index is 13.0. The van der Waals surface area contributed by atoms with Gasteiger partial charge in [-0.25, -0.2) is 14.4 Å². The third-order valence-electron chi connectivity index (χ3n) is 3.52. The Morgan fingerprint density at radius 2 is 1.96 bits per heavy atom. The average molecular weight is 385 g/mol. The second-order valence-corrected chi connectivity index (χ2v) is 7.11. The summed E-state index contributed by atoms with van der Waals surface area (Å²) in [6, 6.07) is 9.69. The molecular weight excluding hydrogens is 373 g/mol. The quantitative estimate of drug-likeness (QED) is 0.533. The van der Waals surface area contributed by atoms with Gasteiger partial charge in [0.05, 0.1) is 24.1 Å². The Bertz CT molecular complexity index is 1020. The van der Waals surface area contributed by atoms with Crippen LogP contribution in [0.25, 0.3) is 22.0 Å². The van der Waals surface area contributed by atoms with E-state index in [4.69, 9.17) is 4.42 Å². The second kappa shape index (κ2) is 7.19. The van der Waals surface area contributed by atoms with E-state index in [1.807, 2.05) is 16.8 Å². The number of rotatable bonds is 5. The highest BCUT2D eigenvalue weighted by atomic mass is 32.1. The summed E-state index contributed by atoms with van der Waals surface area (Å²) in [7, 11) is 0. The number of hydrogen-bond acceptors (Lipinski definition) is 6. The Morgan fingerprint density at radius 1 is 1.12 bits per heavy atom. The molecule has 26 heavy (non-hydrogen) atoms. The third-order valence-corrected chi connectivity index (χ3v) is 5.18. The van der Waals surface area contributed by atoms with Gasteiger partial charge in [-0.2, -0.15) is 0 Å². The van der Waals surface area contributed by atoms with E-state index in [-0.39, 0.29) is 18.1 Å². The van der Waals surface area contributed by atoms with Gasteiger partial charge in [0.2, 0.25) is 5.91 Å². The first-order valence-electron chi connectivity index (χ1n) is 7.67. The average Bonchev–Trinajstić information content (AvgIpc) is 3.36. The fraction of sp³-hybridized carbons (Fsp3) is 0.0556. The van der Waals surface area contributed by atoms with Gasteiger partial charge in [-0.05, 0) is 36.4 Å². The van der Waals surface area contributed by atoms with Gasteiger partial charge in [0.1, 0.15) is 5.82 Å². The predicted molar refractivity (Wildman–Crippen MR) is 99.7 cm³/mol. The molecule has 8 heteroatoms. The van der Waals surface area contributed by atoms with Crippen molar-refractivity contribution in [2.45, 2.75) is 6.42 Å². The molecule has 0 bridgehead atoms. The van der Waals surface area contributed by atoms with Crippen molar-refractivity contribution in [3.8, 4) is 22.0 Å². The molecule has 5 nitrogen and oxygen atoms in total. The first kappa shape index (κ1) is 16.6. The van der Waals surface area contributed by atoms with Crippen LogP contribution in [-0.2, 0) is 11.2 Å². The van der Waals surface area contributed by atoms with Gasteiger partial charge in [-0.3, -0.25) is 4.79 Å². The molecule has 0 radical (unpaired) electrons. The number of halogens is 1. The number of carbonyl (C=O) groups is 1. The zero-order valence-corrected chi connectivity index (χ0v) is 14.9. The van der Waals surface area contributed by atoms with Gasteiger partial charge in [0.25, 0.3) is 0 Å². The van der Waals surface area contributed by atoms with E-state index in [2.05, 4.69) is 15.3 Å². The topological polar surface area (TPSA) is 68.0 Å². The fourth-order valence-corrected chi connectivity index (χ4v) is 3.84. The molecule has 4 aromatic rings. The van der Waals surface area contributed by atoms with Gasteiger partial charge >= 0.3 is 0 Å². The molecule has 0 aliphatic heterocycles. The fourth-order valence-electron chi connectivity index (χ4n) is 2.31. The lowest BCUT2D eigenvalue weighted by Crippen LogP contribution is -2.14. The highest BCUT2D eigenvalue weighted by Crippen LogP contribution is 2.26. The molecule has 1 aromatic carbocycles. The number of hydrogen-bond donors (Lipinski definition) is 1. The van der Waals surface area contributed by atoms with E-state index in [9.17, 15) is 9.18 Å². The normalized spacial score (nSPS) is 10.8. The molecule has 0 atom stereocenters. The summed E-state index contributed by atoms with van der Waals surface area (Å²) in [5.41, 5.74) is 2.17. The molecule has 130 valence electrons. The highest BCUT2D eigenvalue weighted by molar-refractivity contribution is 7.14. The monoisotopic (exact) mass is 385 g/mol. The smallest absolute Gasteiger partial charge is 0.232 e. The number of aromatic nitrogens is 2. The second-order valence-electron chi connectivity index (χ2n) is 5.39. The summed E-state index contributed by atoms with van der Waals surface area (Å²) >= 11 is 2.75. The lowest BCUT2D eigenvalue weighted by atomic mass is 10.2. The number of furan rings is 1. The Balaban J connectivity index is 1.40. The molecule has 0 saturated carbocycles. The summed E-state index contributed by atoms with van der Waals surface area (Å²) in [5.74, 6) is 0.196. The SMILES string of the molecule is O=C(Cc1csc(-c2ccco2)n1)Nc1nc(-c2ccc(F)cc2)cs1. The molecule has 0 unspecified atom stereocenters. The van der Waals surface area contributed by atoms with Gasteiger partial charge in [-0.15, -0.1) is 22.7 Å². The van der Waals surface area contributed by atoms with Gasteiger partial charge in [0.15, 0.2) is 15.9 Å². The molecule has 4 rings (SSSR count). The number of anilines is 1. The van der Waals surface area contributed by atoms with Crippen molar-refractivity contribution in [2.24, 2.45) is 0 Å². The van der Waals surface area contributed by atoms with Crippen LogP contribution in [-0.4, -0.2) is 15.9 Å². The van der Waals surface area contributed by atoms with Crippen LogP contribution in [0.5, 0.6) is 0 Å². The highest BCUT2D eigenvalue weighted by Gasteiger charge is 2.12. The molecule has 3 heterocycles. The maximum Gasteiger partial charge on any atom is 0.232 e. The minimum atomic E-state index is -0.297. The van der Waals surface area contributed by atoms with Crippen molar-refractivity contribution in [3.05, 3.63) is 64.9 Å².